The zero-order valence-electron chi connectivity index (χ0n) is 19.8. The summed E-state index contributed by atoms with van der Waals surface area (Å²) in [5.74, 6) is 1.20. The molecule has 0 aliphatic carbocycles. The number of hydrogen-bond donors (Lipinski definition) is 2. The number of allylic oxidation sites excluding steroid dienone is 1. The van der Waals surface area contributed by atoms with Crippen LogP contribution in [0.1, 0.15) is 46.1 Å². The molecule has 3 aromatic rings. The third-order valence-corrected chi connectivity index (χ3v) is 6.48. The second-order valence-electron chi connectivity index (χ2n) is 10.3. The molecule has 2 aromatic carbocycles. The zero-order chi connectivity index (χ0) is 23.1. The van der Waals surface area contributed by atoms with Gasteiger partial charge in [0.05, 0.1) is 5.69 Å². The van der Waals surface area contributed by atoms with E-state index in [9.17, 15) is 5.11 Å². The lowest BCUT2D eigenvalue weighted by Crippen LogP contribution is -2.62. The molecule has 1 aliphatic heterocycles. The van der Waals surface area contributed by atoms with Crippen LogP contribution in [0.2, 0.25) is 0 Å². The lowest BCUT2D eigenvalue weighted by molar-refractivity contribution is 0.160. The highest BCUT2D eigenvalue weighted by Gasteiger charge is 2.39. The maximum Gasteiger partial charge on any atom is 0.151 e. The minimum atomic E-state index is 0.0814. The molecule has 0 atom stereocenters. The standard InChI is InChI=1S/C27H34N4O/c1-7-8-22-21-11-9-19(15-18(21)10-13-24(22)32)23-12-14-25(29-28-23)31(6)20-16-26(2,3)30-27(4,5)17-20/h7,9-15,20,30,32H,1,8,16-17H2,2-6H3. The minimum absolute atomic E-state index is 0.0814. The summed E-state index contributed by atoms with van der Waals surface area (Å²) < 4.78 is 0. The smallest absolute Gasteiger partial charge is 0.151 e. The van der Waals surface area contributed by atoms with Gasteiger partial charge in [0.25, 0.3) is 0 Å². The van der Waals surface area contributed by atoms with E-state index in [-0.39, 0.29) is 11.1 Å². The van der Waals surface area contributed by atoms with Crippen LogP contribution in [0.5, 0.6) is 5.75 Å². The van der Waals surface area contributed by atoms with Crippen molar-refractivity contribution >= 4 is 16.6 Å². The SMILES string of the molecule is C=CCc1c(O)ccc2cc(-c3ccc(N(C)C4CC(C)(C)NC(C)(C)C4)nn3)ccc12. The van der Waals surface area contributed by atoms with Crippen molar-refractivity contribution in [3.8, 4) is 17.0 Å². The highest BCUT2D eigenvalue weighted by molar-refractivity contribution is 5.91. The number of hydrogen-bond acceptors (Lipinski definition) is 5. The Labute approximate surface area is 191 Å². The highest BCUT2D eigenvalue weighted by Crippen LogP contribution is 2.34. The molecule has 1 saturated heterocycles. The van der Waals surface area contributed by atoms with Crippen LogP contribution >= 0.6 is 0 Å². The van der Waals surface area contributed by atoms with E-state index in [4.69, 9.17) is 0 Å². The van der Waals surface area contributed by atoms with Crippen molar-refractivity contribution in [2.45, 2.75) is 64.1 Å². The Morgan fingerprint density at radius 3 is 2.41 bits per heavy atom. The third kappa shape index (κ3) is 4.49. The van der Waals surface area contributed by atoms with Gasteiger partial charge < -0.3 is 15.3 Å². The predicted molar refractivity (Wildman–Crippen MR) is 133 cm³/mol. The lowest BCUT2D eigenvalue weighted by Gasteiger charge is -2.49. The van der Waals surface area contributed by atoms with Gasteiger partial charge in [-0.25, -0.2) is 0 Å². The molecule has 0 radical (unpaired) electrons. The predicted octanol–water partition coefficient (Wildman–Crippen LogP) is 5.48. The first-order chi connectivity index (χ1) is 15.1. The van der Waals surface area contributed by atoms with Crippen LogP contribution in [-0.2, 0) is 6.42 Å². The van der Waals surface area contributed by atoms with E-state index in [0.717, 1.165) is 46.3 Å². The number of piperidine rings is 1. The van der Waals surface area contributed by atoms with Crippen LogP contribution in [0.15, 0.2) is 55.1 Å². The summed E-state index contributed by atoms with van der Waals surface area (Å²) in [6.07, 6.45) is 4.56. The Morgan fingerprint density at radius 2 is 1.78 bits per heavy atom. The molecule has 0 unspecified atom stereocenters. The Morgan fingerprint density at radius 1 is 1.06 bits per heavy atom. The summed E-state index contributed by atoms with van der Waals surface area (Å²) in [4.78, 5) is 2.27. The molecule has 32 heavy (non-hydrogen) atoms. The Balaban J connectivity index is 1.59. The molecule has 5 nitrogen and oxygen atoms in total. The molecule has 1 fully saturated rings. The first kappa shape index (κ1) is 22.3. The summed E-state index contributed by atoms with van der Waals surface area (Å²) in [5, 5.41) is 25.2. The summed E-state index contributed by atoms with van der Waals surface area (Å²) in [6.45, 7) is 12.9. The largest absolute Gasteiger partial charge is 0.508 e. The fourth-order valence-corrected chi connectivity index (χ4v) is 5.30. The molecule has 0 spiro atoms. The molecule has 4 rings (SSSR count). The first-order valence-electron chi connectivity index (χ1n) is 11.3. The van der Waals surface area contributed by atoms with Crippen molar-refractivity contribution in [1.82, 2.24) is 15.5 Å². The summed E-state index contributed by atoms with van der Waals surface area (Å²) >= 11 is 0. The van der Waals surface area contributed by atoms with E-state index in [1.54, 1.807) is 6.07 Å². The van der Waals surface area contributed by atoms with E-state index in [1.165, 1.54) is 0 Å². The number of phenols is 1. The van der Waals surface area contributed by atoms with Crippen molar-refractivity contribution in [3.05, 3.63) is 60.7 Å². The summed E-state index contributed by atoms with van der Waals surface area (Å²) in [5.41, 5.74) is 2.92. The quantitative estimate of drug-likeness (QED) is 0.525. The van der Waals surface area contributed by atoms with Crippen LogP contribution in [0.4, 0.5) is 5.82 Å². The Kier molecular flexibility index (Phi) is 5.72. The van der Waals surface area contributed by atoms with Gasteiger partial charge in [-0.05, 0) is 82.0 Å². The van der Waals surface area contributed by atoms with E-state index < -0.39 is 0 Å². The van der Waals surface area contributed by atoms with Crippen molar-refractivity contribution < 1.29 is 5.11 Å². The fourth-order valence-electron chi connectivity index (χ4n) is 5.30. The van der Waals surface area contributed by atoms with E-state index >= 15 is 0 Å². The summed E-state index contributed by atoms with van der Waals surface area (Å²) in [7, 11) is 2.12. The van der Waals surface area contributed by atoms with Gasteiger partial charge in [-0.2, -0.15) is 0 Å². The van der Waals surface area contributed by atoms with E-state index in [0.29, 0.717) is 18.2 Å². The number of rotatable bonds is 5. The van der Waals surface area contributed by atoms with Gasteiger partial charge in [-0.3, -0.25) is 0 Å². The molecule has 0 bridgehead atoms. The molecular formula is C27H34N4O. The van der Waals surface area contributed by atoms with Crippen molar-refractivity contribution in [1.29, 1.82) is 0 Å². The Bertz CT molecular complexity index is 1120. The first-order valence-corrected chi connectivity index (χ1v) is 11.3. The Hall–Kier alpha value is -2.92. The van der Waals surface area contributed by atoms with Gasteiger partial charge in [0.2, 0.25) is 0 Å². The van der Waals surface area contributed by atoms with Crippen LogP contribution < -0.4 is 10.2 Å². The van der Waals surface area contributed by atoms with Crippen LogP contribution in [0, 0.1) is 0 Å². The molecule has 1 aliphatic rings. The zero-order valence-corrected chi connectivity index (χ0v) is 19.8. The molecule has 2 heterocycles. The number of benzene rings is 2. The molecular weight excluding hydrogens is 396 g/mol. The monoisotopic (exact) mass is 430 g/mol. The number of aromatic nitrogens is 2. The number of nitrogens with zero attached hydrogens (tertiary/aromatic N) is 3. The highest BCUT2D eigenvalue weighted by atomic mass is 16.3. The number of anilines is 1. The van der Waals surface area contributed by atoms with Crippen molar-refractivity contribution in [2.24, 2.45) is 0 Å². The number of fused-ring (bicyclic) bond motifs is 1. The average molecular weight is 431 g/mol. The third-order valence-electron chi connectivity index (χ3n) is 6.48. The maximum absolute atomic E-state index is 10.2. The van der Waals surface area contributed by atoms with Crippen LogP contribution in [-0.4, -0.2) is 39.5 Å². The molecule has 0 saturated carbocycles. The molecule has 5 heteroatoms. The van der Waals surface area contributed by atoms with Crippen molar-refractivity contribution in [3.63, 3.8) is 0 Å². The van der Waals surface area contributed by atoms with Gasteiger partial charge in [-0.1, -0.05) is 24.3 Å². The second-order valence-corrected chi connectivity index (χ2v) is 10.3. The number of aromatic hydroxyl groups is 1. The van der Waals surface area contributed by atoms with Gasteiger partial charge in [0, 0.05) is 35.3 Å². The fraction of sp³-hybridized carbons (Fsp3) is 0.407. The molecule has 2 N–H and O–H groups in total. The second kappa shape index (κ2) is 8.21. The number of nitrogens with one attached hydrogen (secondary N) is 1. The van der Waals surface area contributed by atoms with Crippen LogP contribution in [0.25, 0.3) is 22.0 Å². The molecule has 168 valence electrons. The average Bonchev–Trinajstić information content (AvgIpc) is 2.73. The van der Waals surface area contributed by atoms with Gasteiger partial charge in [0.15, 0.2) is 5.82 Å². The van der Waals surface area contributed by atoms with E-state index in [2.05, 4.69) is 73.9 Å². The van der Waals surface area contributed by atoms with Crippen LogP contribution in [0.3, 0.4) is 0 Å². The van der Waals surface area contributed by atoms with Gasteiger partial charge >= 0.3 is 0 Å². The molecule has 1 aromatic heterocycles. The minimum Gasteiger partial charge on any atom is -0.508 e. The lowest BCUT2D eigenvalue weighted by atomic mass is 9.79. The topological polar surface area (TPSA) is 61.3 Å². The van der Waals surface area contributed by atoms with Crippen molar-refractivity contribution in [2.75, 3.05) is 11.9 Å². The van der Waals surface area contributed by atoms with Gasteiger partial charge in [0.1, 0.15) is 5.75 Å². The summed E-state index contributed by atoms with van der Waals surface area (Å²) in [6, 6.07) is 14.4. The van der Waals surface area contributed by atoms with E-state index in [1.807, 2.05) is 30.3 Å². The number of phenolic OH excluding ortho intramolecular Hbond substituents is 1. The maximum atomic E-state index is 10.2. The molecule has 0 amide bonds. The van der Waals surface area contributed by atoms with Gasteiger partial charge in [-0.15, -0.1) is 16.8 Å². The normalized spacial score (nSPS) is 17.9.